The largest absolute Gasteiger partial charge is 0.497 e. The third-order valence-electron chi connectivity index (χ3n) is 6.43. The minimum absolute atomic E-state index is 0.120. The van der Waals surface area contributed by atoms with Crippen molar-refractivity contribution in [1.29, 1.82) is 0 Å². The van der Waals surface area contributed by atoms with Crippen molar-refractivity contribution in [3.05, 3.63) is 93.3 Å². The van der Waals surface area contributed by atoms with Crippen molar-refractivity contribution in [3.63, 3.8) is 0 Å². The molecular formula is C28H27N3O5. The van der Waals surface area contributed by atoms with Gasteiger partial charge in [0.1, 0.15) is 5.75 Å². The van der Waals surface area contributed by atoms with Crippen LogP contribution in [-0.2, 0) is 13.1 Å². The highest BCUT2D eigenvalue weighted by molar-refractivity contribution is 5.89. The molecule has 2 N–H and O–H groups in total. The normalized spacial score (nSPS) is 12.0. The third kappa shape index (κ3) is 4.70. The number of H-pyrrole nitrogens is 1. The van der Waals surface area contributed by atoms with Gasteiger partial charge in [0, 0.05) is 17.8 Å². The van der Waals surface area contributed by atoms with Crippen LogP contribution in [0.15, 0.2) is 65.5 Å². The quantitative estimate of drug-likeness (QED) is 0.396. The number of pyridine rings is 1. The number of aromatic nitrogens is 1. The number of benzene rings is 3. The molecule has 0 saturated carbocycles. The summed E-state index contributed by atoms with van der Waals surface area (Å²) in [5.41, 5.74) is 4.71. The fourth-order valence-electron chi connectivity index (χ4n) is 4.23. The van der Waals surface area contributed by atoms with Crippen molar-refractivity contribution in [1.82, 2.24) is 9.88 Å². The Morgan fingerprint density at radius 1 is 1.00 bits per heavy atom. The molecule has 0 fully saturated rings. The summed E-state index contributed by atoms with van der Waals surface area (Å²) < 4.78 is 16.1. The van der Waals surface area contributed by atoms with E-state index in [0.29, 0.717) is 28.5 Å². The lowest BCUT2D eigenvalue weighted by Gasteiger charge is -2.23. The number of methoxy groups -OCH3 is 1. The number of nitrogens with zero attached hydrogens (tertiary/aromatic N) is 1. The van der Waals surface area contributed by atoms with E-state index in [1.807, 2.05) is 50.2 Å². The minimum Gasteiger partial charge on any atom is -0.497 e. The van der Waals surface area contributed by atoms with Crippen LogP contribution < -0.4 is 25.1 Å². The van der Waals surface area contributed by atoms with Gasteiger partial charge in [0.25, 0.3) is 5.56 Å². The van der Waals surface area contributed by atoms with Gasteiger partial charge in [0.2, 0.25) is 6.79 Å². The summed E-state index contributed by atoms with van der Waals surface area (Å²) >= 11 is 0. The van der Waals surface area contributed by atoms with E-state index in [0.717, 1.165) is 27.6 Å². The number of amides is 2. The zero-order valence-electron chi connectivity index (χ0n) is 20.4. The van der Waals surface area contributed by atoms with Gasteiger partial charge in [0.05, 0.1) is 19.2 Å². The number of anilines is 1. The number of ether oxygens (including phenoxy) is 3. The van der Waals surface area contributed by atoms with Crippen molar-refractivity contribution in [2.45, 2.75) is 26.9 Å². The van der Waals surface area contributed by atoms with E-state index >= 15 is 0 Å². The molecule has 0 unspecified atom stereocenters. The molecule has 5 rings (SSSR count). The number of aromatic amines is 1. The van der Waals surface area contributed by atoms with E-state index in [1.54, 1.807) is 36.3 Å². The standard InChI is InChI=1S/C28H27N3O5/c1-17-4-6-20-13-21(27(32)30-26(20)18(17)2)15-31(14-19-5-11-24-25(12-19)36-16-35-24)28(33)29-22-7-9-23(34-3)10-8-22/h4-13H,14-16H2,1-3H3,(H,29,33)(H,30,32). The lowest BCUT2D eigenvalue weighted by molar-refractivity contribution is 0.174. The number of carbonyl (C=O) groups is 1. The second kappa shape index (κ2) is 9.65. The summed E-state index contributed by atoms with van der Waals surface area (Å²) in [7, 11) is 1.59. The topological polar surface area (TPSA) is 92.9 Å². The number of aryl methyl sites for hydroxylation is 2. The maximum absolute atomic E-state index is 13.4. The van der Waals surface area contributed by atoms with E-state index < -0.39 is 0 Å². The molecule has 0 saturated heterocycles. The third-order valence-corrected chi connectivity index (χ3v) is 6.43. The molecule has 36 heavy (non-hydrogen) atoms. The number of nitrogens with one attached hydrogen (secondary N) is 2. The molecule has 8 nitrogen and oxygen atoms in total. The Morgan fingerprint density at radius 3 is 2.56 bits per heavy atom. The highest BCUT2D eigenvalue weighted by Crippen LogP contribution is 2.33. The molecule has 0 spiro atoms. The molecule has 1 aliphatic rings. The maximum Gasteiger partial charge on any atom is 0.322 e. The zero-order valence-corrected chi connectivity index (χ0v) is 20.4. The van der Waals surface area contributed by atoms with Crippen LogP contribution in [0.4, 0.5) is 10.5 Å². The maximum atomic E-state index is 13.4. The summed E-state index contributed by atoms with van der Waals surface area (Å²) in [6, 6.07) is 18.2. The first-order valence-corrected chi connectivity index (χ1v) is 11.6. The molecule has 2 amide bonds. The molecule has 2 heterocycles. The average molecular weight is 486 g/mol. The van der Waals surface area contributed by atoms with Crippen LogP contribution >= 0.6 is 0 Å². The molecule has 0 atom stereocenters. The number of fused-ring (bicyclic) bond motifs is 2. The minimum atomic E-state index is -0.336. The van der Waals surface area contributed by atoms with E-state index in [2.05, 4.69) is 10.3 Å². The first-order chi connectivity index (χ1) is 17.4. The molecule has 0 radical (unpaired) electrons. The van der Waals surface area contributed by atoms with Gasteiger partial charge in [-0.2, -0.15) is 0 Å². The second-order valence-electron chi connectivity index (χ2n) is 8.80. The van der Waals surface area contributed by atoms with E-state index in [-0.39, 0.29) is 31.5 Å². The second-order valence-corrected chi connectivity index (χ2v) is 8.80. The van der Waals surface area contributed by atoms with Gasteiger partial charge in [-0.25, -0.2) is 4.79 Å². The van der Waals surface area contributed by atoms with Crippen LogP contribution in [0.5, 0.6) is 17.2 Å². The Bertz CT molecular complexity index is 1490. The van der Waals surface area contributed by atoms with Gasteiger partial charge < -0.3 is 29.4 Å². The fraction of sp³-hybridized carbons (Fsp3) is 0.214. The molecule has 1 aliphatic heterocycles. The lowest BCUT2D eigenvalue weighted by Crippen LogP contribution is -2.35. The van der Waals surface area contributed by atoms with Crippen molar-refractivity contribution < 1.29 is 19.0 Å². The summed E-state index contributed by atoms with van der Waals surface area (Å²) in [6.07, 6.45) is 0. The molecule has 1 aromatic heterocycles. The Labute approximate surface area is 208 Å². The first-order valence-electron chi connectivity index (χ1n) is 11.6. The van der Waals surface area contributed by atoms with Crippen LogP contribution in [0.2, 0.25) is 0 Å². The first kappa shape index (κ1) is 23.3. The van der Waals surface area contributed by atoms with Crippen LogP contribution in [0.25, 0.3) is 10.9 Å². The number of hydrogen-bond acceptors (Lipinski definition) is 5. The van der Waals surface area contributed by atoms with Crippen molar-refractivity contribution >= 4 is 22.6 Å². The zero-order chi connectivity index (χ0) is 25.2. The Hall–Kier alpha value is -4.46. The number of hydrogen-bond donors (Lipinski definition) is 2. The fourth-order valence-corrected chi connectivity index (χ4v) is 4.23. The number of rotatable bonds is 6. The summed E-state index contributed by atoms with van der Waals surface area (Å²) in [6.45, 7) is 4.56. The van der Waals surface area contributed by atoms with Gasteiger partial charge in [0.15, 0.2) is 11.5 Å². The van der Waals surface area contributed by atoms with Crippen molar-refractivity contribution in [2.75, 3.05) is 19.2 Å². The molecule has 4 aromatic rings. The molecule has 8 heteroatoms. The van der Waals surface area contributed by atoms with Gasteiger partial charge in [-0.15, -0.1) is 0 Å². The molecule has 0 aliphatic carbocycles. The van der Waals surface area contributed by atoms with Crippen LogP contribution in [0.3, 0.4) is 0 Å². The van der Waals surface area contributed by atoms with Crippen molar-refractivity contribution in [2.24, 2.45) is 0 Å². The van der Waals surface area contributed by atoms with Crippen LogP contribution in [-0.4, -0.2) is 29.8 Å². The van der Waals surface area contributed by atoms with Gasteiger partial charge >= 0.3 is 6.03 Å². The summed E-state index contributed by atoms with van der Waals surface area (Å²) in [5.74, 6) is 2.00. The van der Waals surface area contributed by atoms with Crippen LogP contribution in [0.1, 0.15) is 22.3 Å². The number of urea groups is 1. The smallest absolute Gasteiger partial charge is 0.322 e. The molecule has 0 bridgehead atoms. The summed E-state index contributed by atoms with van der Waals surface area (Å²) in [4.78, 5) is 31.0. The highest BCUT2D eigenvalue weighted by Gasteiger charge is 2.20. The van der Waals surface area contributed by atoms with Gasteiger partial charge in [-0.1, -0.05) is 18.2 Å². The average Bonchev–Trinajstić information content (AvgIpc) is 3.35. The predicted octanol–water partition coefficient (Wildman–Crippen LogP) is 5.12. The monoisotopic (exact) mass is 485 g/mol. The Balaban J connectivity index is 1.46. The van der Waals surface area contributed by atoms with Crippen LogP contribution in [0, 0.1) is 13.8 Å². The predicted molar refractivity (Wildman–Crippen MR) is 138 cm³/mol. The van der Waals surface area contributed by atoms with Gasteiger partial charge in [-0.3, -0.25) is 4.79 Å². The molecule has 3 aromatic carbocycles. The van der Waals surface area contributed by atoms with E-state index in [9.17, 15) is 9.59 Å². The SMILES string of the molecule is COc1ccc(NC(=O)N(Cc2ccc3c(c2)OCO3)Cc2cc3ccc(C)c(C)c3[nH]c2=O)cc1. The van der Waals surface area contributed by atoms with Crippen molar-refractivity contribution in [3.8, 4) is 17.2 Å². The molecule has 184 valence electrons. The van der Waals surface area contributed by atoms with E-state index in [1.165, 1.54) is 0 Å². The highest BCUT2D eigenvalue weighted by atomic mass is 16.7. The number of carbonyl (C=O) groups excluding carboxylic acids is 1. The molecular weight excluding hydrogens is 458 g/mol. The van der Waals surface area contributed by atoms with E-state index in [4.69, 9.17) is 14.2 Å². The van der Waals surface area contributed by atoms with Gasteiger partial charge in [-0.05, 0) is 78.4 Å². The summed E-state index contributed by atoms with van der Waals surface area (Å²) in [5, 5.41) is 3.85. The Morgan fingerprint density at radius 2 is 1.78 bits per heavy atom. The lowest BCUT2D eigenvalue weighted by atomic mass is 10.0. The Kier molecular flexibility index (Phi) is 6.25.